The number of carbonyl (C=O) groups is 1. The lowest BCUT2D eigenvalue weighted by Gasteiger charge is -2.34. The van der Waals surface area contributed by atoms with E-state index in [2.05, 4.69) is 0 Å². The van der Waals surface area contributed by atoms with Gasteiger partial charge in [-0.05, 0) is 55.4 Å². The number of rotatable bonds is 2. The average molecular weight is 299 g/mol. The van der Waals surface area contributed by atoms with Crippen molar-refractivity contribution in [3.63, 3.8) is 0 Å². The molecule has 1 atom stereocenters. The monoisotopic (exact) mass is 299 g/mol. The largest absolute Gasteiger partial charge is 0.381 e. The van der Waals surface area contributed by atoms with Crippen molar-refractivity contribution in [2.45, 2.75) is 37.7 Å². The van der Waals surface area contributed by atoms with Crippen LogP contribution in [0, 0.1) is 11.8 Å². The minimum atomic E-state index is -1.07. The first-order valence-corrected chi connectivity index (χ1v) is 9.02. The Labute approximate surface area is 125 Å². The van der Waals surface area contributed by atoms with Crippen molar-refractivity contribution >= 4 is 17.7 Å². The quantitative estimate of drug-likeness (QED) is 0.840. The fourth-order valence-corrected chi connectivity index (χ4v) is 4.93. The zero-order valence-corrected chi connectivity index (χ0v) is 12.9. The predicted molar refractivity (Wildman–Crippen MR) is 79.7 cm³/mol. The summed E-state index contributed by atoms with van der Waals surface area (Å²) >= 11 is 1.84. The summed E-state index contributed by atoms with van der Waals surface area (Å²) < 4.78 is 5.42. The Morgan fingerprint density at radius 1 is 1.15 bits per heavy atom. The van der Waals surface area contributed by atoms with E-state index in [1.54, 1.807) is 0 Å². The molecule has 0 aromatic carbocycles. The molecule has 3 aliphatic heterocycles. The lowest BCUT2D eigenvalue weighted by molar-refractivity contribution is -0.151. The van der Waals surface area contributed by atoms with Crippen molar-refractivity contribution in [2.75, 3.05) is 37.8 Å². The van der Waals surface area contributed by atoms with Crippen molar-refractivity contribution in [2.24, 2.45) is 11.8 Å². The first kappa shape index (κ1) is 14.7. The Morgan fingerprint density at radius 2 is 1.85 bits per heavy atom. The standard InChI is InChI=1S/C15H25NO3S/c17-14(15(18)4-9-20-10-5-15)16-6-1-13(11-16)12-2-7-19-8-3-12/h12-13,18H,1-11H2/t13-/m0/s1. The van der Waals surface area contributed by atoms with Gasteiger partial charge < -0.3 is 14.7 Å². The van der Waals surface area contributed by atoms with Gasteiger partial charge in [0.15, 0.2) is 0 Å². The molecule has 4 nitrogen and oxygen atoms in total. The maximum Gasteiger partial charge on any atom is 0.254 e. The van der Waals surface area contributed by atoms with E-state index in [-0.39, 0.29) is 5.91 Å². The second-order valence-electron chi connectivity index (χ2n) is 6.39. The Balaban J connectivity index is 1.57. The minimum absolute atomic E-state index is 0.00707. The van der Waals surface area contributed by atoms with Crippen molar-refractivity contribution < 1.29 is 14.6 Å². The van der Waals surface area contributed by atoms with Crippen molar-refractivity contribution in [3.05, 3.63) is 0 Å². The smallest absolute Gasteiger partial charge is 0.254 e. The van der Waals surface area contributed by atoms with Crippen LogP contribution in [-0.2, 0) is 9.53 Å². The Bertz CT molecular complexity index is 351. The van der Waals surface area contributed by atoms with Gasteiger partial charge in [0.25, 0.3) is 5.91 Å². The predicted octanol–water partition coefficient (Wildman–Crippen LogP) is 1.52. The fraction of sp³-hybridized carbons (Fsp3) is 0.933. The van der Waals surface area contributed by atoms with Crippen LogP contribution in [0.1, 0.15) is 32.1 Å². The Morgan fingerprint density at radius 3 is 2.55 bits per heavy atom. The second kappa shape index (κ2) is 6.24. The molecule has 114 valence electrons. The average Bonchev–Trinajstić information content (AvgIpc) is 2.98. The van der Waals surface area contributed by atoms with Gasteiger partial charge in [-0.25, -0.2) is 0 Å². The molecule has 3 rings (SSSR count). The minimum Gasteiger partial charge on any atom is -0.381 e. The third-order valence-electron chi connectivity index (χ3n) is 5.16. The van der Waals surface area contributed by atoms with Gasteiger partial charge in [0.1, 0.15) is 5.60 Å². The molecule has 3 heterocycles. The Hall–Kier alpha value is -0.260. The van der Waals surface area contributed by atoms with E-state index in [1.807, 2.05) is 16.7 Å². The second-order valence-corrected chi connectivity index (χ2v) is 7.62. The molecular weight excluding hydrogens is 274 g/mol. The summed E-state index contributed by atoms with van der Waals surface area (Å²) in [7, 11) is 0. The summed E-state index contributed by atoms with van der Waals surface area (Å²) in [5.74, 6) is 3.12. The molecule has 0 spiro atoms. The molecule has 0 radical (unpaired) electrons. The lowest BCUT2D eigenvalue weighted by Crippen LogP contribution is -2.50. The van der Waals surface area contributed by atoms with E-state index in [0.29, 0.717) is 24.7 Å². The molecule has 0 aromatic heterocycles. The molecule has 1 amide bonds. The molecule has 5 heteroatoms. The van der Waals surface area contributed by atoms with E-state index in [0.717, 1.165) is 57.1 Å². The third kappa shape index (κ3) is 3.00. The number of aliphatic hydroxyl groups is 1. The van der Waals surface area contributed by atoms with E-state index in [9.17, 15) is 9.90 Å². The first-order chi connectivity index (χ1) is 9.69. The van der Waals surface area contributed by atoms with E-state index >= 15 is 0 Å². The third-order valence-corrected chi connectivity index (χ3v) is 6.15. The topological polar surface area (TPSA) is 49.8 Å². The molecule has 0 bridgehead atoms. The number of thioether (sulfide) groups is 1. The van der Waals surface area contributed by atoms with Crippen LogP contribution in [0.25, 0.3) is 0 Å². The van der Waals surface area contributed by atoms with Crippen LogP contribution in [0.4, 0.5) is 0 Å². The highest BCUT2D eigenvalue weighted by Gasteiger charge is 2.43. The molecule has 3 fully saturated rings. The number of nitrogens with zero attached hydrogens (tertiary/aromatic N) is 1. The number of likely N-dealkylation sites (tertiary alicyclic amines) is 1. The zero-order chi connectivity index (χ0) is 14.0. The highest BCUT2D eigenvalue weighted by atomic mass is 32.2. The zero-order valence-electron chi connectivity index (χ0n) is 12.1. The summed E-state index contributed by atoms with van der Waals surface area (Å²) in [4.78, 5) is 14.5. The van der Waals surface area contributed by atoms with Gasteiger partial charge >= 0.3 is 0 Å². The van der Waals surface area contributed by atoms with Crippen LogP contribution in [-0.4, -0.2) is 59.3 Å². The SMILES string of the molecule is O=C(N1CC[C@H](C2CCOCC2)C1)C1(O)CCSCC1. The van der Waals surface area contributed by atoms with Gasteiger partial charge in [-0.1, -0.05) is 0 Å². The van der Waals surface area contributed by atoms with Crippen molar-refractivity contribution in [1.29, 1.82) is 0 Å². The van der Waals surface area contributed by atoms with Crippen LogP contribution in [0.3, 0.4) is 0 Å². The summed E-state index contributed by atoms with van der Waals surface area (Å²) in [6, 6.07) is 0. The molecule has 0 unspecified atom stereocenters. The summed E-state index contributed by atoms with van der Waals surface area (Å²) in [5, 5.41) is 10.6. The highest BCUT2D eigenvalue weighted by Crippen LogP contribution is 2.34. The number of carbonyl (C=O) groups excluding carboxylic acids is 1. The van der Waals surface area contributed by atoms with Crippen LogP contribution in [0.5, 0.6) is 0 Å². The molecule has 20 heavy (non-hydrogen) atoms. The van der Waals surface area contributed by atoms with Gasteiger partial charge in [-0.15, -0.1) is 0 Å². The van der Waals surface area contributed by atoms with Crippen molar-refractivity contribution in [1.82, 2.24) is 4.90 Å². The molecule has 1 N–H and O–H groups in total. The normalized spacial score (nSPS) is 31.4. The summed E-state index contributed by atoms with van der Waals surface area (Å²) in [5.41, 5.74) is -1.07. The maximum absolute atomic E-state index is 12.6. The molecule has 3 aliphatic rings. The van der Waals surface area contributed by atoms with Crippen LogP contribution in [0.15, 0.2) is 0 Å². The van der Waals surface area contributed by atoms with Crippen molar-refractivity contribution in [3.8, 4) is 0 Å². The highest BCUT2D eigenvalue weighted by molar-refractivity contribution is 7.99. The van der Waals surface area contributed by atoms with Gasteiger partial charge in [-0.3, -0.25) is 4.79 Å². The van der Waals surface area contributed by atoms with Gasteiger partial charge in [-0.2, -0.15) is 11.8 Å². The van der Waals surface area contributed by atoms with E-state index in [4.69, 9.17) is 4.74 Å². The molecule has 0 aromatic rings. The number of hydrogen-bond acceptors (Lipinski definition) is 4. The summed E-state index contributed by atoms with van der Waals surface area (Å²) in [6.07, 6.45) is 4.60. The number of amides is 1. The molecule has 3 saturated heterocycles. The maximum atomic E-state index is 12.6. The molecular formula is C15H25NO3S. The van der Waals surface area contributed by atoms with Crippen LogP contribution in [0.2, 0.25) is 0 Å². The van der Waals surface area contributed by atoms with Crippen LogP contribution < -0.4 is 0 Å². The number of hydrogen-bond donors (Lipinski definition) is 1. The van der Waals surface area contributed by atoms with Gasteiger partial charge in [0.2, 0.25) is 0 Å². The van der Waals surface area contributed by atoms with E-state index in [1.165, 1.54) is 0 Å². The summed E-state index contributed by atoms with van der Waals surface area (Å²) in [6.45, 7) is 3.42. The number of ether oxygens (including phenoxy) is 1. The first-order valence-electron chi connectivity index (χ1n) is 7.86. The van der Waals surface area contributed by atoms with E-state index < -0.39 is 5.60 Å². The Kier molecular flexibility index (Phi) is 4.58. The van der Waals surface area contributed by atoms with Gasteiger partial charge in [0.05, 0.1) is 0 Å². The fourth-order valence-electron chi connectivity index (χ4n) is 3.76. The van der Waals surface area contributed by atoms with Gasteiger partial charge in [0, 0.05) is 26.3 Å². The molecule has 0 aliphatic carbocycles. The lowest BCUT2D eigenvalue weighted by atomic mass is 9.85. The van der Waals surface area contributed by atoms with Crippen LogP contribution >= 0.6 is 11.8 Å². The molecule has 0 saturated carbocycles.